The number of halogens is 2. The van der Waals surface area contributed by atoms with Gasteiger partial charge < -0.3 is 16.5 Å². The average Bonchev–Trinajstić information content (AvgIpc) is 2.63. The van der Waals surface area contributed by atoms with Crippen LogP contribution in [0.4, 0.5) is 20.2 Å². The van der Waals surface area contributed by atoms with Gasteiger partial charge in [-0.15, -0.1) is 0 Å². The van der Waals surface area contributed by atoms with Crippen LogP contribution in [-0.4, -0.2) is 12.9 Å². The van der Waals surface area contributed by atoms with E-state index in [1.54, 1.807) is 30.4 Å². The summed E-state index contributed by atoms with van der Waals surface area (Å²) in [5, 5.41) is 11.5. The van der Waals surface area contributed by atoms with Gasteiger partial charge in [-0.2, -0.15) is 0 Å². The molecule has 0 fully saturated rings. The summed E-state index contributed by atoms with van der Waals surface area (Å²) in [5.74, 6) is 0.238. The number of nitrogens with two attached hydrogens (primary N) is 1. The first-order chi connectivity index (χ1) is 12.8. The molecule has 0 aromatic heterocycles. The zero-order valence-electron chi connectivity index (χ0n) is 16.0. The zero-order chi connectivity index (χ0) is 20.4. The van der Waals surface area contributed by atoms with E-state index in [0.29, 0.717) is 30.1 Å². The van der Waals surface area contributed by atoms with E-state index in [1.807, 2.05) is 12.1 Å². The molecule has 0 bridgehead atoms. The van der Waals surface area contributed by atoms with E-state index in [4.69, 9.17) is 11.1 Å². The summed E-state index contributed by atoms with van der Waals surface area (Å²) in [6, 6.07) is 11.6. The Morgan fingerprint density at radius 3 is 2.41 bits per heavy atom. The van der Waals surface area contributed by atoms with Crippen molar-refractivity contribution in [2.75, 3.05) is 18.2 Å². The standard InChI is InChI=1S/C21H24FN3.CH3F/c1-14(2)12-15(3)25-18-9-11-21(24)19(13-18)20(23)10-6-16-4-7-17(22)8-5-16;1-2/h4-11,13-14,23,25H,3,12,24H2,1-2H3;1H3/b10-6+,23-20?;. The zero-order valence-corrected chi connectivity index (χ0v) is 16.0. The van der Waals surface area contributed by atoms with Gasteiger partial charge in [0.2, 0.25) is 0 Å². The topological polar surface area (TPSA) is 61.9 Å². The molecule has 0 unspecified atom stereocenters. The molecule has 144 valence electrons. The lowest BCUT2D eigenvalue weighted by Gasteiger charge is -2.13. The summed E-state index contributed by atoms with van der Waals surface area (Å²) in [5.41, 5.74) is 10.1. The van der Waals surface area contributed by atoms with Crippen molar-refractivity contribution < 1.29 is 8.78 Å². The van der Waals surface area contributed by atoms with Crippen molar-refractivity contribution in [1.82, 2.24) is 0 Å². The number of anilines is 2. The Morgan fingerprint density at radius 2 is 1.81 bits per heavy atom. The summed E-state index contributed by atoms with van der Waals surface area (Å²) in [6.07, 6.45) is 4.30. The number of nitrogens with one attached hydrogen (secondary N) is 2. The summed E-state index contributed by atoms with van der Waals surface area (Å²) >= 11 is 0. The van der Waals surface area contributed by atoms with E-state index >= 15 is 0 Å². The molecule has 0 atom stereocenters. The average molecular weight is 371 g/mol. The third kappa shape index (κ3) is 7.44. The van der Waals surface area contributed by atoms with Gasteiger partial charge in [0, 0.05) is 22.6 Å². The highest BCUT2D eigenvalue weighted by Crippen LogP contribution is 2.21. The fourth-order valence-corrected chi connectivity index (χ4v) is 2.46. The molecule has 4 N–H and O–H groups in total. The van der Waals surface area contributed by atoms with Crippen LogP contribution in [0.25, 0.3) is 6.08 Å². The van der Waals surface area contributed by atoms with Gasteiger partial charge in [0.25, 0.3) is 0 Å². The minimum Gasteiger partial charge on any atom is -0.398 e. The molecule has 2 rings (SSSR count). The quantitative estimate of drug-likeness (QED) is 0.410. The lowest BCUT2D eigenvalue weighted by atomic mass is 10.0. The molecule has 0 spiro atoms. The van der Waals surface area contributed by atoms with E-state index in [1.165, 1.54) is 12.1 Å². The van der Waals surface area contributed by atoms with Crippen molar-refractivity contribution in [1.29, 1.82) is 5.41 Å². The summed E-state index contributed by atoms with van der Waals surface area (Å²) in [6.45, 7) is 8.30. The van der Waals surface area contributed by atoms with Crippen molar-refractivity contribution >= 4 is 23.2 Å². The van der Waals surface area contributed by atoms with Crippen LogP contribution >= 0.6 is 0 Å². The lowest BCUT2D eigenvalue weighted by Crippen LogP contribution is -2.05. The maximum atomic E-state index is 12.9. The maximum Gasteiger partial charge on any atom is 0.123 e. The van der Waals surface area contributed by atoms with Crippen LogP contribution in [0.15, 0.2) is 60.8 Å². The van der Waals surface area contributed by atoms with Crippen molar-refractivity contribution in [3.63, 3.8) is 0 Å². The second-order valence-electron chi connectivity index (χ2n) is 6.43. The van der Waals surface area contributed by atoms with Crippen molar-refractivity contribution in [2.24, 2.45) is 5.92 Å². The Hall–Kier alpha value is -2.95. The van der Waals surface area contributed by atoms with Crippen molar-refractivity contribution in [3.05, 3.63) is 77.8 Å². The SMILES string of the molecule is C=C(CC(C)C)Nc1ccc(N)c(C(=N)/C=C/c2ccc(F)cc2)c1.CF. The fraction of sp³-hybridized carbons (Fsp3) is 0.227. The summed E-state index contributed by atoms with van der Waals surface area (Å²) < 4.78 is 22.4. The number of alkyl halides is 1. The Labute approximate surface area is 160 Å². The van der Waals surface area contributed by atoms with Crippen LogP contribution < -0.4 is 11.1 Å². The second-order valence-corrected chi connectivity index (χ2v) is 6.43. The van der Waals surface area contributed by atoms with E-state index < -0.39 is 0 Å². The molecule has 0 aliphatic carbocycles. The molecule has 0 radical (unpaired) electrons. The van der Waals surface area contributed by atoms with Crippen LogP contribution in [0.5, 0.6) is 0 Å². The van der Waals surface area contributed by atoms with Gasteiger partial charge in [0.1, 0.15) is 5.82 Å². The molecule has 0 heterocycles. The molecule has 3 nitrogen and oxygen atoms in total. The van der Waals surface area contributed by atoms with E-state index in [9.17, 15) is 8.78 Å². The van der Waals surface area contributed by atoms with Gasteiger partial charge >= 0.3 is 0 Å². The third-order valence-corrected chi connectivity index (χ3v) is 3.63. The second kappa shape index (κ2) is 10.9. The molecule has 0 saturated heterocycles. The van der Waals surface area contributed by atoms with Gasteiger partial charge in [-0.25, -0.2) is 4.39 Å². The number of hydrogen-bond acceptors (Lipinski definition) is 3. The molecule has 2 aromatic rings. The smallest absolute Gasteiger partial charge is 0.123 e. The predicted molar refractivity (Wildman–Crippen MR) is 112 cm³/mol. The molecule has 2 aromatic carbocycles. The predicted octanol–water partition coefficient (Wildman–Crippen LogP) is 6.05. The van der Waals surface area contributed by atoms with Gasteiger partial charge in [-0.05, 0) is 54.3 Å². The first-order valence-corrected chi connectivity index (χ1v) is 8.60. The molecular formula is C22H27F2N3. The minimum absolute atomic E-state index is 0.281. The van der Waals surface area contributed by atoms with Crippen molar-refractivity contribution in [3.8, 4) is 0 Å². The Bertz CT molecular complexity index is 794. The first-order valence-electron chi connectivity index (χ1n) is 8.60. The third-order valence-electron chi connectivity index (χ3n) is 3.63. The van der Waals surface area contributed by atoms with Gasteiger partial charge in [0.15, 0.2) is 0 Å². The summed E-state index contributed by atoms with van der Waals surface area (Å²) in [7, 11) is 0.500. The minimum atomic E-state index is -0.281. The van der Waals surface area contributed by atoms with E-state index in [2.05, 4.69) is 25.7 Å². The highest BCUT2D eigenvalue weighted by Gasteiger charge is 2.06. The Balaban J connectivity index is 0.00000176. The van der Waals surface area contributed by atoms with Crippen LogP contribution in [0.3, 0.4) is 0 Å². The number of benzene rings is 2. The molecule has 0 aliphatic heterocycles. The van der Waals surface area contributed by atoms with Crippen LogP contribution in [-0.2, 0) is 0 Å². The largest absolute Gasteiger partial charge is 0.398 e. The van der Waals surface area contributed by atoms with Gasteiger partial charge in [-0.1, -0.05) is 38.6 Å². The van der Waals surface area contributed by atoms with Crippen LogP contribution in [0, 0.1) is 17.1 Å². The highest BCUT2D eigenvalue weighted by molar-refractivity contribution is 6.12. The molecule has 5 heteroatoms. The molecule has 0 saturated carbocycles. The summed E-state index contributed by atoms with van der Waals surface area (Å²) in [4.78, 5) is 0. The maximum absolute atomic E-state index is 12.9. The molecule has 0 aliphatic rings. The molecule has 0 amide bonds. The first kappa shape index (κ1) is 22.1. The monoisotopic (exact) mass is 371 g/mol. The molecular weight excluding hydrogens is 344 g/mol. The fourth-order valence-electron chi connectivity index (χ4n) is 2.46. The number of nitrogen functional groups attached to an aromatic ring is 1. The van der Waals surface area contributed by atoms with Gasteiger partial charge in [-0.3, -0.25) is 4.39 Å². The highest BCUT2D eigenvalue weighted by atomic mass is 19.1. The van der Waals surface area contributed by atoms with E-state index in [0.717, 1.165) is 23.4 Å². The number of rotatable bonds is 7. The Kier molecular flexibility index (Phi) is 8.93. The lowest BCUT2D eigenvalue weighted by molar-refractivity contribution is 0.627. The van der Waals surface area contributed by atoms with Crippen LogP contribution in [0.2, 0.25) is 0 Å². The number of allylic oxidation sites excluding steroid dienone is 2. The van der Waals surface area contributed by atoms with Crippen molar-refractivity contribution in [2.45, 2.75) is 20.3 Å². The normalized spacial score (nSPS) is 10.4. The number of hydrogen-bond donors (Lipinski definition) is 3. The molecule has 27 heavy (non-hydrogen) atoms. The Morgan fingerprint density at radius 1 is 1.19 bits per heavy atom. The van der Waals surface area contributed by atoms with Crippen LogP contribution in [0.1, 0.15) is 31.4 Å². The van der Waals surface area contributed by atoms with Gasteiger partial charge in [0.05, 0.1) is 12.9 Å². The van der Waals surface area contributed by atoms with E-state index in [-0.39, 0.29) is 5.82 Å².